The molecule has 0 bridgehead atoms. The second kappa shape index (κ2) is 2.88. The van der Waals surface area contributed by atoms with Crippen LogP contribution in [0, 0.1) is 3.57 Å². The fourth-order valence-corrected chi connectivity index (χ4v) is 1.26. The molecule has 2 N–H and O–H groups in total. The van der Waals surface area contributed by atoms with Crippen LogP contribution in [0.4, 0.5) is 5.69 Å². The molecule has 48 valence electrons. The molecule has 0 aromatic heterocycles. The van der Waals surface area contributed by atoms with E-state index in [9.17, 15) is 0 Å². The molecule has 0 aliphatic rings. The minimum absolute atomic E-state index is 0.824. The second-order valence-electron chi connectivity index (χ2n) is 1.64. The number of halogens is 2. The van der Waals surface area contributed by atoms with Crippen molar-refractivity contribution in [3.63, 3.8) is 0 Å². The molecule has 1 aromatic carbocycles. The SMILES string of the molecule is Nc1cccc(Br)c1I. The molecule has 0 aliphatic heterocycles. The molecule has 0 radical (unpaired) electrons. The number of hydrogen-bond acceptors (Lipinski definition) is 1. The van der Waals surface area contributed by atoms with E-state index in [2.05, 4.69) is 38.5 Å². The molecule has 0 atom stereocenters. The van der Waals surface area contributed by atoms with Gasteiger partial charge in [-0.2, -0.15) is 0 Å². The van der Waals surface area contributed by atoms with Crippen LogP contribution in [0.3, 0.4) is 0 Å². The normalized spacial score (nSPS) is 9.56. The Morgan fingerprint density at radius 1 is 1.44 bits per heavy atom. The molecular formula is C6H5BrIN. The minimum Gasteiger partial charge on any atom is -0.398 e. The standard InChI is InChI=1S/C6H5BrIN/c7-4-2-1-3-5(9)6(4)8/h1-3H,9H2. The highest BCUT2D eigenvalue weighted by molar-refractivity contribution is 14.1. The van der Waals surface area contributed by atoms with E-state index in [4.69, 9.17) is 5.73 Å². The second-order valence-corrected chi connectivity index (χ2v) is 3.58. The predicted octanol–water partition coefficient (Wildman–Crippen LogP) is 2.64. The summed E-state index contributed by atoms with van der Waals surface area (Å²) in [6.45, 7) is 0. The summed E-state index contributed by atoms with van der Waals surface area (Å²) in [5.41, 5.74) is 6.41. The van der Waals surface area contributed by atoms with Gasteiger partial charge in [-0.15, -0.1) is 0 Å². The predicted molar refractivity (Wildman–Crippen MR) is 51.3 cm³/mol. The van der Waals surface area contributed by atoms with Gasteiger partial charge in [-0.3, -0.25) is 0 Å². The lowest BCUT2D eigenvalue weighted by Gasteiger charge is -1.97. The largest absolute Gasteiger partial charge is 0.398 e. The highest BCUT2D eigenvalue weighted by Crippen LogP contribution is 2.23. The van der Waals surface area contributed by atoms with Gasteiger partial charge in [0.05, 0.1) is 3.57 Å². The van der Waals surface area contributed by atoms with Crippen LogP contribution in [-0.4, -0.2) is 0 Å². The molecule has 9 heavy (non-hydrogen) atoms. The molecule has 3 heteroatoms. The molecule has 1 aromatic rings. The first kappa shape index (κ1) is 7.34. The Balaban J connectivity index is 3.25. The average Bonchev–Trinajstić information content (AvgIpc) is 1.83. The maximum absolute atomic E-state index is 5.58. The van der Waals surface area contributed by atoms with Crippen molar-refractivity contribution in [1.29, 1.82) is 0 Å². The lowest BCUT2D eigenvalue weighted by Crippen LogP contribution is -1.87. The van der Waals surface area contributed by atoms with Crippen LogP contribution in [0.15, 0.2) is 22.7 Å². The molecule has 1 nitrogen and oxygen atoms in total. The molecule has 0 saturated carbocycles. The van der Waals surface area contributed by atoms with Crippen molar-refractivity contribution in [1.82, 2.24) is 0 Å². The highest BCUT2D eigenvalue weighted by Gasteiger charge is 1.96. The molecule has 0 saturated heterocycles. The molecule has 0 heterocycles. The van der Waals surface area contributed by atoms with E-state index < -0.39 is 0 Å². The monoisotopic (exact) mass is 297 g/mol. The van der Waals surface area contributed by atoms with Gasteiger partial charge in [-0.05, 0) is 50.7 Å². The molecule has 1 rings (SSSR count). The molecule has 0 unspecified atom stereocenters. The zero-order chi connectivity index (χ0) is 6.85. The van der Waals surface area contributed by atoms with Gasteiger partial charge in [0.15, 0.2) is 0 Å². The van der Waals surface area contributed by atoms with Crippen LogP contribution >= 0.6 is 38.5 Å². The maximum Gasteiger partial charge on any atom is 0.0502 e. The van der Waals surface area contributed by atoms with Crippen molar-refractivity contribution >= 4 is 44.2 Å². The van der Waals surface area contributed by atoms with Crippen LogP contribution in [-0.2, 0) is 0 Å². The first-order valence-corrected chi connectivity index (χ1v) is 4.28. The summed E-state index contributed by atoms with van der Waals surface area (Å²) in [5.74, 6) is 0. The third-order valence-corrected chi connectivity index (χ3v) is 3.59. The fourth-order valence-electron chi connectivity index (χ4n) is 0.520. The molecule has 0 spiro atoms. The summed E-state index contributed by atoms with van der Waals surface area (Å²) in [7, 11) is 0. The lowest BCUT2D eigenvalue weighted by atomic mass is 10.3. The van der Waals surface area contributed by atoms with Crippen molar-refractivity contribution in [3.8, 4) is 0 Å². The van der Waals surface area contributed by atoms with Gasteiger partial charge in [0, 0.05) is 10.2 Å². The first-order chi connectivity index (χ1) is 4.22. The van der Waals surface area contributed by atoms with Gasteiger partial charge in [-0.1, -0.05) is 6.07 Å². The Hall–Kier alpha value is 0.230. The Morgan fingerprint density at radius 2 is 2.11 bits per heavy atom. The number of hydrogen-bond donors (Lipinski definition) is 1. The Kier molecular flexibility index (Phi) is 2.35. The number of nitrogens with two attached hydrogens (primary N) is 1. The van der Waals surface area contributed by atoms with Gasteiger partial charge in [0.2, 0.25) is 0 Å². The lowest BCUT2D eigenvalue weighted by molar-refractivity contribution is 1.58. The van der Waals surface area contributed by atoms with Crippen molar-refractivity contribution in [3.05, 3.63) is 26.2 Å². The van der Waals surface area contributed by atoms with Crippen LogP contribution < -0.4 is 5.73 Å². The number of nitrogen functional groups attached to an aromatic ring is 1. The number of anilines is 1. The quantitative estimate of drug-likeness (QED) is 0.578. The fraction of sp³-hybridized carbons (Fsp3) is 0. The summed E-state index contributed by atoms with van der Waals surface area (Å²) in [6.07, 6.45) is 0. The van der Waals surface area contributed by atoms with Crippen molar-refractivity contribution < 1.29 is 0 Å². The molecular weight excluding hydrogens is 293 g/mol. The molecule has 0 fully saturated rings. The van der Waals surface area contributed by atoms with Gasteiger partial charge in [0.25, 0.3) is 0 Å². The van der Waals surface area contributed by atoms with E-state index >= 15 is 0 Å². The Labute approximate surface area is 75.9 Å². The van der Waals surface area contributed by atoms with Crippen molar-refractivity contribution in [2.45, 2.75) is 0 Å². The molecule has 0 aliphatic carbocycles. The minimum atomic E-state index is 0.824. The maximum atomic E-state index is 5.58. The van der Waals surface area contributed by atoms with E-state index in [0.29, 0.717) is 0 Å². The van der Waals surface area contributed by atoms with Crippen LogP contribution in [0.25, 0.3) is 0 Å². The third-order valence-electron chi connectivity index (χ3n) is 0.981. The number of rotatable bonds is 0. The average molecular weight is 298 g/mol. The Morgan fingerprint density at radius 3 is 2.56 bits per heavy atom. The summed E-state index contributed by atoms with van der Waals surface area (Å²) in [6, 6.07) is 5.77. The van der Waals surface area contributed by atoms with Crippen LogP contribution in [0.1, 0.15) is 0 Å². The summed E-state index contributed by atoms with van der Waals surface area (Å²) in [4.78, 5) is 0. The zero-order valence-corrected chi connectivity index (χ0v) is 8.31. The Bertz CT molecular complexity index is 204. The van der Waals surface area contributed by atoms with Gasteiger partial charge < -0.3 is 5.73 Å². The van der Waals surface area contributed by atoms with E-state index in [-0.39, 0.29) is 0 Å². The third kappa shape index (κ3) is 1.58. The summed E-state index contributed by atoms with van der Waals surface area (Å²) < 4.78 is 2.14. The molecule has 0 amide bonds. The topological polar surface area (TPSA) is 26.0 Å². The van der Waals surface area contributed by atoms with Crippen LogP contribution in [0.2, 0.25) is 0 Å². The van der Waals surface area contributed by atoms with Gasteiger partial charge in [0.1, 0.15) is 0 Å². The van der Waals surface area contributed by atoms with E-state index in [0.717, 1.165) is 13.7 Å². The van der Waals surface area contributed by atoms with Crippen molar-refractivity contribution in [2.24, 2.45) is 0 Å². The van der Waals surface area contributed by atoms with Gasteiger partial charge >= 0.3 is 0 Å². The van der Waals surface area contributed by atoms with Crippen LogP contribution in [0.5, 0.6) is 0 Å². The smallest absolute Gasteiger partial charge is 0.0502 e. The van der Waals surface area contributed by atoms with E-state index in [1.807, 2.05) is 18.2 Å². The van der Waals surface area contributed by atoms with E-state index in [1.54, 1.807) is 0 Å². The van der Waals surface area contributed by atoms with E-state index in [1.165, 1.54) is 0 Å². The summed E-state index contributed by atoms with van der Waals surface area (Å²) in [5, 5.41) is 0. The van der Waals surface area contributed by atoms with Crippen molar-refractivity contribution in [2.75, 3.05) is 5.73 Å². The number of benzene rings is 1. The highest BCUT2D eigenvalue weighted by atomic mass is 127. The summed E-state index contributed by atoms with van der Waals surface area (Å²) >= 11 is 5.56. The zero-order valence-electron chi connectivity index (χ0n) is 4.57. The van der Waals surface area contributed by atoms with Gasteiger partial charge in [-0.25, -0.2) is 0 Å². The first-order valence-electron chi connectivity index (χ1n) is 2.41.